The van der Waals surface area contributed by atoms with Gasteiger partial charge in [0.2, 0.25) is 17.7 Å². The molecule has 3 aromatic carbocycles. The van der Waals surface area contributed by atoms with Crippen LogP contribution in [0, 0.1) is 5.92 Å². The Kier molecular flexibility index (Phi) is 8.33. The topological polar surface area (TPSA) is 97.7 Å². The first-order valence-corrected chi connectivity index (χ1v) is 16.4. The maximum atomic E-state index is 14.1. The molecule has 3 unspecified atom stereocenters. The molecule has 3 atom stereocenters. The van der Waals surface area contributed by atoms with Crippen LogP contribution in [-0.2, 0) is 32.5 Å². The molecule has 0 saturated carbocycles. The fourth-order valence-electron chi connectivity index (χ4n) is 5.90. The number of aromatic nitrogens is 1. The molecule has 1 aromatic heterocycles. The summed E-state index contributed by atoms with van der Waals surface area (Å²) in [6.07, 6.45) is -4.67. The van der Waals surface area contributed by atoms with Crippen molar-refractivity contribution in [1.29, 1.82) is 0 Å². The van der Waals surface area contributed by atoms with Gasteiger partial charge in [-0.25, -0.2) is 4.90 Å². The number of nitrogens with one attached hydrogen (secondary N) is 1. The molecule has 47 heavy (non-hydrogen) atoms. The smallest absolute Gasteiger partial charge is 0.416 e. The third-order valence-electron chi connectivity index (χ3n) is 8.29. The van der Waals surface area contributed by atoms with E-state index in [2.05, 4.69) is 26.1 Å². The Morgan fingerprint density at radius 2 is 1.60 bits per heavy atom. The summed E-state index contributed by atoms with van der Waals surface area (Å²) in [6.45, 7) is 5.82. The third kappa shape index (κ3) is 6.09. The van der Waals surface area contributed by atoms with Gasteiger partial charge in [-0.3, -0.25) is 23.7 Å². The molecule has 0 aliphatic carbocycles. The number of anilines is 2. The van der Waals surface area contributed by atoms with Crippen molar-refractivity contribution in [3.8, 4) is 5.75 Å². The van der Waals surface area contributed by atoms with Gasteiger partial charge in [0.1, 0.15) is 17.5 Å². The van der Waals surface area contributed by atoms with Gasteiger partial charge in [0.15, 0.2) is 0 Å². The van der Waals surface area contributed by atoms with E-state index in [1.54, 1.807) is 24.3 Å². The number of rotatable bonds is 6. The van der Waals surface area contributed by atoms with Crippen LogP contribution in [0.1, 0.15) is 48.3 Å². The SMILES string of the molecule is COc1ccc(NC(=O)Cn2c3c(sc2=O)C(c2ccc(C(C)(C)C)cc2)C2C(=O)N(c4cccc(C(F)(F)F)c4)C(=O)C2S3)cc1. The number of hydrogen-bond donors (Lipinski definition) is 1. The van der Waals surface area contributed by atoms with Gasteiger partial charge in [-0.1, -0.05) is 74.2 Å². The van der Waals surface area contributed by atoms with Crippen LogP contribution in [0.4, 0.5) is 24.5 Å². The Morgan fingerprint density at radius 3 is 2.21 bits per heavy atom. The lowest BCUT2D eigenvalue weighted by Crippen LogP contribution is -2.33. The minimum absolute atomic E-state index is 0.167. The zero-order valence-electron chi connectivity index (χ0n) is 25.8. The molecule has 4 aromatic rings. The second-order valence-corrected chi connectivity index (χ2v) is 14.5. The number of fused-ring (bicyclic) bond motifs is 2. The minimum atomic E-state index is -4.67. The monoisotopic (exact) mass is 681 g/mol. The first-order valence-electron chi connectivity index (χ1n) is 14.7. The second-order valence-electron chi connectivity index (χ2n) is 12.4. The molecule has 0 spiro atoms. The molecule has 2 aliphatic heterocycles. The quantitative estimate of drug-likeness (QED) is 0.229. The molecule has 6 rings (SSSR count). The van der Waals surface area contributed by atoms with Crippen molar-refractivity contribution in [3.63, 3.8) is 0 Å². The van der Waals surface area contributed by atoms with Crippen LogP contribution in [0.5, 0.6) is 5.75 Å². The highest BCUT2D eigenvalue weighted by atomic mass is 32.2. The Balaban J connectivity index is 1.41. The number of carbonyl (C=O) groups is 3. The number of thioether (sulfide) groups is 1. The van der Waals surface area contributed by atoms with Gasteiger partial charge >= 0.3 is 11.0 Å². The van der Waals surface area contributed by atoms with Crippen LogP contribution >= 0.6 is 23.1 Å². The van der Waals surface area contributed by atoms with E-state index in [0.717, 1.165) is 51.8 Å². The maximum absolute atomic E-state index is 14.1. The molecule has 1 saturated heterocycles. The first kappa shape index (κ1) is 32.6. The summed E-state index contributed by atoms with van der Waals surface area (Å²) < 4.78 is 47.2. The fraction of sp³-hybridized carbons (Fsp3) is 0.294. The third-order valence-corrected chi connectivity index (χ3v) is 10.9. The molecule has 3 heterocycles. The highest BCUT2D eigenvalue weighted by molar-refractivity contribution is 8.00. The number of alkyl halides is 3. The van der Waals surface area contributed by atoms with Crippen molar-refractivity contribution in [2.24, 2.45) is 5.92 Å². The van der Waals surface area contributed by atoms with Gasteiger partial charge in [0.25, 0.3) is 0 Å². The molecule has 0 radical (unpaired) electrons. The van der Waals surface area contributed by atoms with E-state index in [1.165, 1.54) is 17.7 Å². The van der Waals surface area contributed by atoms with Gasteiger partial charge in [-0.2, -0.15) is 13.2 Å². The molecule has 8 nitrogen and oxygen atoms in total. The lowest BCUT2D eigenvalue weighted by molar-refractivity contribution is -0.137. The first-order chi connectivity index (χ1) is 22.2. The van der Waals surface area contributed by atoms with Crippen LogP contribution in [0.15, 0.2) is 82.6 Å². The zero-order valence-corrected chi connectivity index (χ0v) is 27.4. The van der Waals surface area contributed by atoms with Gasteiger partial charge < -0.3 is 10.1 Å². The maximum Gasteiger partial charge on any atom is 0.416 e. The molecule has 1 N–H and O–H groups in total. The summed E-state index contributed by atoms with van der Waals surface area (Å²) in [4.78, 5) is 55.5. The van der Waals surface area contributed by atoms with E-state index < -0.39 is 51.4 Å². The molecule has 2 aliphatic rings. The van der Waals surface area contributed by atoms with Crippen LogP contribution in [0.2, 0.25) is 0 Å². The van der Waals surface area contributed by atoms with Crippen molar-refractivity contribution in [2.45, 2.75) is 55.1 Å². The van der Waals surface area contributed by atoms with Crippen molar-refractivity contribution < 1.29 is 32.3 Å². The molecular weight excluding hydrogens is 652 g/mol. The lowest BCUT2D eigenvalue weighted by Gasteiger charge is -2.31. The van der Waals surface area contributed by atoms with Crippen LogP contribution in [-0.4, -0.2) is 34.6 Å². The van der Waals surface area contributed by atoms with Crippen molar-refractivity contribution in [3.05, 3.63) is 104 Å². The minimum Gasteiger partial charge on any atom is -0.497 e. The Labute approximate surface area is 276 Å². The van der Waals surface area contributed by atoms with Gasteiger partial charge in [-0.15, -0.1) is 0 Å². The summed E-state index contributed by atoms with van der Waals surface area (Å²) in [5, 5.41) is 2.09. The Hall–Kier alpha value is -4.36. The highest BCUT2D eigenvalue weighted by Crippen LogP contribution is 2.54. The molecule has 1 fully saturated rings. The Bertz CT molecular complexity index is 1930. The van der Waals surface area contributed by atoms with E-state index in [1.807, 2.05) is 24.3 Å². The largest absolute Gasteiger partial charge is 0.497 e. The fourth-order valence-corrected chi connectivity index (χ4v) is 8.67. The summed E-state index contributed by atoms with van der Waals surface area (Å²) >= 11 is 1.89. The molecular formula is C34H30F3N3O5S2. The summed E-state index contributed by atoms with van der Waals surface area (Å²) in [7, 11) is 1.52. The van der Waals surface area contributed by atoms with Crippen molar-refractivity contribution >= 4 is 52.2 Å². The standard InChI is InChI=1S/C34H30F3N3O5S2/c1-33(2,3)19-10-8-18(9-11-19)25-26-27(30(43)40(29(26)42)22-7-5-6-20(16-22)34(35,36)37)46-31-28(25)47-32(44)39(31)17-24(41)38-21-12-14-23(45-4)15-13-21/h5-16,25-27H,17H2,1-4H3,(H,38,41). The van der Waals surface area contributed by atoms with Crippen LogP contribution < -0.4 is 19.8 Å². The Morgan fingerprint density at radius 1 is 0.915 bits per heavy atom. The average molecular weight is 682 g/mol. The van der Waals surface area contributed by atoms with E-state index >= 15 is 0 Å². The van der Waals surface area contributed by atoms with Crippen molar-refractivity contribution in [1.82, 2.24) is 4.57 Å². The number of amides is 3. The predicted molar refractivity (Wildman–Crippen MR) is 174 cm³/mol. The predicted octanol–water partition coefficient (Wildman–Crippen LogP) is 6.67. The number of methoxy groups -OCH3 is 1. The number of halogens is 3. The van der Waals surface area contributed by atoms with Crippen LogP contribution in [0.25, 0.3) is 0 Å². The number of carbonyl (C=O) groups excluding carboxylic acids is 3. The zero-order chi connectivity index (χ0) is 33.8. The van der Waals surface area contributed by atoms with Crippen LogP contribution in [0.3, 0.4) is 0 Å². The lowest BCUT2D eigenvalue weighted by atomic mass is 9.81. The van der Waals surface area contributed by atoms with Crippen molar-refractivity contribution in [2.75, 3.05) is 17.3 Å². The molecule has 3 amide bonds. The number of ether oxygens (including phenoxy) is 1. The van der Waals surface area contributed by atoms with Gasteiger partial charge in [-0.05, 0) is 59.0 Å². The molecule has 244 valence electrons. The van der Waals surface area contributed by atoms with E-state index in [4.69, 9.17) is 4.74 Å². The summed E-state index contributed by atoms with van der Waals surface area (Å²) in [5.74, 6) is -2.94. The number of imide groups is 1. The summed E-state index contributed by atoms with van der Waals surface area (Å²) in [5.41, 5.74) is 0.876. The van der Waals surface area contributed by atoms with Gasteiger partial charge in [0, 0.05) is 16.5 Å². The van der Waals surface area contributed by atoms with E-state index in [-0.39, 0.29) is 17.6 Å². The molecule has 13 heteroatoms. The normalized spacial score (nSPS) is 19.4. The highest BCUT2D eigenvalue weighted by Gasteiger charge is 2.57. The average Bonchev–Trinajstić information content (AvgIpc) is 3.46. The molecule has 0 bridgehead atoms. The number of benzene rings is 3. The van der Waals surface area contributed by atoms with Gasteiger partial charge in [0.05, 0.1) is 29.3 Å². The van der Waals surface area contributed by atoms with E-state index in [0.29, 0.717) is 26.9 Å². The summed E-state index contributed by atoms with van der Waals surface area (Å²) in [6, 6.07) is 18.4. The number of thiazole rings is 1. The number of hydrogen-bond acceptors (Lipinski definition) is 7. The number of nitrogens with zero attached hydrogens (tertiary/aromatic N) is 2. The van der Waals surface area contributed by atoms with E-state index in [9.17, 15) is 32.3 Å². The second kappa shape index (κ2) is 12.0.